The lowest BCUT2D eigenvalue weighted by Crippen LogP contribution is -2.19. The standard InChI is InChI=1S/C14H14ClN3O3S/c1-9-5-6-13(12(15)7-9)22(20,21)18-11-4-2-3-10(8-11)17-14(16)19/h2-8,18H,1H3,(H3,16,17,19). The number of rotatable bonds is 4. The zero-order valence-electron chi connectivity index (χ0n) is 11.6. The molecule has 0 unspecified atom stereocenters. The van der Waals surface area contributed by atoms with E-state index in [0.29, 0.717) is 5.69 Å². The zero-order valence-corrected chi connectivity index (χ0v) is 13.2. The van der Waals surface area contributed by atoms with E-state index in [-0.39, 0.29) is 15.6 Å². The Bertz CT molecular complexity index is 822. The van der Waals surface area contributed by atoms with Crippen LogP contribution in [-0.4, -0.2) is 14.4 Å². The van der Waals surface area contributed by atoms with Crippen molar-refractivity contribution in [1.29, 1.82) is 0 Å². The largest absolute Gasteiger partial charge is 0.351 e. The fraction of sp³-hybridized carbons (Fsp3) is 0.0714. The molecular formula is C14H14ClN3O3S. The predicted molar refractivity (Wildman–Crippen MR) is 86.6 cm³/mol. The van der Waals surface area contributed by atoms with Gasteiger partial charge in [-0.1, -0.05) is 23.7 Å². The lowest BCUT2D eigenvalue weighted by molar-refractivity contribution is 0.259. The summed E-state index contributed by atoms with van der Waals surface area (Å²) in [4.78, 5) is 10.8. The number of nitrogens with one attached hydrogen (secondary N) is 2. The fourth-order valence-electron chi connectivity index (χ4n) is 1.84. The quantitative estimate of drug-likeness (QED) is 0.798. The normalized spacial score (nSPS) is 11.0. The third-order valence-electron chi connectivity index (χ3n) is 2.76. The van der Waals surface area contributed by atoms with Gasteiger partial charge in [0.15, 0.2) is 0 Å². The molecule has 0 aliphatic carbocycles. The van der Waals surface area contributed by atoms with E-state index in [0.717, 1.165) is 5.56 Å². The van der Waals surface area contributed by atoms with Gasteiger partial charge in [0.1, 0.15) is 4.90 Å². The summed E-state index contributed by atoms with van der Waals surface area (Å²) in [5.41, 5.74) is 6.54. The molecule has 0 fully saturated rings. The van der Waals surface area contributed by atoms with Gasteiger partial charge in [0.25, 0.3) is 10.0 Å². The Labute approximate surface area is 133 Å². The number of hydrogen-bond acceptors (Lipinski definition) is 3. The topological polar surface area (TPSA) is 101 Å². The molecule has 0 aromatic heterocycles. The van der Waals surface area contributed by atoms with Gasteiger partial charge in [0.05, 0.1) is 10.7 Å². The van der Waals surface area contributed by atoms with Crippen LogP contribution in [0.25, 0.3) is 0 Å². The summed E-state index contributed by atoms with van der Waals surface area (Å²) >= 11 is 5.99. The van der Waals surface area contributed by atoms with E-state index in [1.807, 2.05) is 6.92 Å². The molecule has 116 valence electrons. The fourth-order valence-corrected chi connectivity index (χ4v) is 3.49. The van der Waals surface area contributed by atoms with Crippen LogP contribution in [0.5, 0.6) is 0 Å². The Morgan fingerprint density at radius 2 is 1.82 bits per heavy atom. The lowest BCUT2D eigenvalue weighted by atomic mass is 10.2. The molecule has 0 heterocycles. The summed E-state index contributed by atoms with van der Waals surface area (Å²) in [7, 11) is -3.83. The van der Waals surface area contributed by atoms with E-state index in [1.165, 1.54) is 12.1 Å². The molecule has 0 saturated carbocycles. The van der Waals surface area contributed by atoms with Crippen molar-refractivity contribution in [2.45, 2.75) is 11.8 Å². The number of carbonyl (C=O) groups is 1. The number of halogens is 1. The minimum absolute atomic E-state index is 0.0203. The summed E-state index contributed by atoms with van der Waals surface area (Å²) in [6, 6.07) is 10.1. The Morgan fingerprint density at radius 1 is 1.14 bits per heavy atom. The highest BCUT2D eigenvalue weighted by molar-refractivity contribution is 7.92. The Kier molecular flexibility index (Phi) is 4.58. The monoisotopic (exact) mass is 339 g/mol. The zero-order chi connectivity index (χ0) is 16.3. The van der Waals surface area contributed by atoms with E-state index in [2.05, 4.69) is 10.0 Å². The predicted octanol–water partition coefficient (Wildman–Crippen LogP) is 2.94. The van der Waals surface area contributed by atoms with E-state index >= 15 is 0 Å². The van der Waals surface area contributed by atoms with Crippen molar-refractivity contribution in [3.05, 3.63) is 53.1 Å². The summed E-state index contributed by atoms with van der Waals surface area (Å²) in [6.07, 6.45) is 0. The Balaban J connectivity index is 2.30. The molecule has 2 amide bonds. The number of sulfonamides is 1. The maximum atomic E-state index is 12.4. The lowest BCUT2D eigenvalue weighted by Gasteiger charge is -2.11. The van der Waals surface area contributed by atoms with Crippen LogP contribution in [0, 0.1) is 6.92 Å². The molecule has 0 atom stereocenters. The van der Waals surface area contributed by atoms with Crippen LogP contribution in [0.4, 0.5) is 16.2 Å². The van der Waals surface area contributed by atoms with Crippen LogP contribution in [0.1, 0.15) is 5.56 Å². The average molecular weight is 340 g/mol. The maximum absolute atomic E-state index is 12.4. The van der Waals surface area contributed by atoms with Crippen LogP contribution < -0.4 is 15.8 Å². The van der Waals surface area contributed by atoms with Crippen molar-refractivity contribution in [2.75, 3.05) is 10.0 Å². The first-order chi connectivity index (χ1) is 10.3. The van der Waals surface area contributed by atoms with Gasteiger partial charge in [-0.25, -0.2) is 13.2 Å². The summed E-state index contributed by atoms with van der Waals surface area (Å²) in [5.74, 6) is 0. The molecule has 4 N–H and O–H groups in total. The van der Waals surface area contributed by atoms with Crippen molar-refractivity contribution in [3.63, 3.8) is 0 Å². The minimum atomic E-state index is -3.83. The molecule has 2 aromatic carbocycles. The van der Waals surface area contributed by atoms with E-state index < -0.39 is 16.1 Å². The van der Waals surface area contributed by atoms with Gasteiger partial charge in [-0.15, -0.1) is 0 Å². The molecule has 8 heteroatoms. The third kappa shape index (κ3) is 3.90. The first-order valence-corrected chi connectivity index (χ1v) is 8.09. The number of urea groups is 1. The number of amides is 2. The molecule has 0 bridgehead atoms. The maximum Gasteiger partial charge on any atom is 0.316 e. The summed E-state index contributed by atoms with van der Waals surface area (Å²) < 4.78 is 27.1. The first-order valence-electron chi connectivity index (χ1n) is 6.23. The number of nitrogens with two attached hydrogens (primary N) is 1. The molecule has 2 rings (SSSR count). The van der Waals surface area contributed by atoms with Gasteiger partial charge < -0.3 is 11.1 Å². The van der Waals surface area contributed by atoms with Gasteiger partial charge >= 0.3 is 6.03 Å². The van der Waals surface area contributed by atoms with Crippen molar-refractivity contribution < 1.29 is 13.2 Å². The van der Waals surface area contributed by atoms with Crippen molar-refractivity contribution in [2.24, 2.45) is 5.73 Å². The third-order valence-corrected chi connectivity index (χ3v) is 4.62. The minimum Gasteiger partial charge on any atom is -0.351 e. The Morgan fingerprint density at radius 3 is 2.45 bits per heavy atom. The Hall–Kier alpha value is -2.25. The number of carbonyl (C=O) groups excluding carboxylic acids is 1. The van der Waals surface area contributed by atoms with E-state index in [1.54, 1.807) is 30.3 Å². The highest BCUT2D eigenvalue weighted by Gasteiger charge is 2.18. The second-order valence-electron chi connectivity index (χ2n) is 4.61. The smallest absolute Gasteiger partial charge is 0.316 e. The van der Waals surface area contributed by atoms with E-state index in [4.69, 9.17) is 17.3 Å². The van der Waals surface area contributed by atoms with E-state index in [9.17, 15) is 13.2 Å². The van der Waals surface area contributed by atoms with Gasteiger partial charge in [0, 0.05) is 5.69 Å². The highest BCUT2D eigenvalue weighted by Crippen LogP contribution is 2.25. The number of hydrogen-bond donors (Lipinski definition) is 3. The number of aryl methyl sites for hydroxylation is 1. The molecule has 0 radical (unpaired) electrons. The van der Waals surface area contributed by atoms with Gasteiger partial charge in [0.2, 0.25) is 0 Å². The molecular weight excluding hydrogens is 326 g/mol. The van der Waals surface area contributed by atoms with Crippen LogP contribution in [0.15, 0.2) is 47.4 Å². The first kappa shape index (κ1) is 16.1. The van der Waals surface area contributed by atoms with Gasteiger partial charge in [-0.05, 0) is 42.8 Å². The van der Waals surface area contributed by atoms with Crippen molar-refractivity contribution in [3.8, 4) is 0 Å². The van der Waals surface area contributed by atoms with Gasteiger partial charge in [-0.3, -0.25) is 4.72 Å². The van der Waals surface area contributed by atoms with Crippen LogP contribution in [0.2, 0.25) is 5.02 Å². The van der Waals surface area contributed by atoms with Gasteiger partial charge in [-0.2, -0.15) is 0 Å². The molecule has 6 nitrogen and oxygen atoms in total. The van der Waals surface area contributed by atoms with Crippen LogP contribution in [0.3, 0.4) is 0 Å². The van der Waals surface area contributed by atoms with Crippen molar-refractivity contribution >= 4 is 39.0 Å². The second-order valence-corrected chi connectivity index (χ2v) is 6.67. The van der Waals surface area contributed by atoms with Crippen molar-refractivity contribution in [1.82, 2.24) is 0 Å². The molecule has 0 aliphatic heterocycles. The van der Waals surface area contributed by atoms with Crippen LogP contribution >= 0.6 is 11.6 Å². The van der Waals surface area contributed by atoms with Crippen LogP contribution in [-0.2, 0) is 10.0 Å². The summed E-state index contributed by atoms with van der Waals surface area (Å²) in [6.45, 7) is 1.81. The number of primary amides is 1. The number of benzene rings is 2. The highest BCUT2D eigenvalue weighted by atomic mass is 35.5. The molecule has 0 spiro atoms. The summed E-state index contributed by atoms with van der Waals surface area (Å²) in [5, 5.41) is 2.51. The molecule has 2 aromatic rings. The second kappa shape index (κ2) is 6.25. The molecule has 22 heavy (non-hydrogen) atoms. The molecule has 0 saturated heterocycles. The number of anilines is 2. The SMILES string of the molecule is Cc1ccc(S(=O)(=O)Nc2cccc(NC(N)=O)c2)c(Cl)c1. The molecule has 0 aliphatic rings. The average Bonchev–Trinajstić information content (AvgIpc) is 2.36.